The van der Waals surface area contributed by atoms with Crippen LogP contribution in [0, 0.1) is 6.92 Å². The highest BCUT2D eigenvalue weighted by atomic mass is 16.2. The molecule has 1 fully saturated rings. The van der Waals surface area contributed by atoms with Crippen LogP contribution in [0.15, 0.2) is 42.5 Å². The summed E-state index contributed by atoms with van der Waals surface area (Å²) in [5.41, 5.74) is 4.77. The normalized spacial score (nSPS) is 13.6. The van der Waals surface area contributed by atoms with E-state index in [0.29, 0.717) is 5.69 Å². The number of benzene rings is 2. The number of carbonyl (C=O) groups is 2. The van der Waals surface area contributed by atoms with Gasteiger partial charge in [0.05, 0.1) is 0 Å². The Morgan fingerprint density at radius 2 is 1.61 bits per heavy atom. The first kappa shape index (κ1) is 19.9. The minimum Gasteiger partial charge on any atom is -0.372 e. The van der Waals surface area contributed by atoms with Crippen LogP contribution >= 0.6 is 0 Å². The number of rotatable bonds is 6. The molecule has 0 unspecified atom stereocenters. The minimum absolute atomic E-state index is 0.209. The standard InChI is InChI=1S/C23H29N3O2/c1-16(2)20-8-6-7-17(3)23(20)25-22(28)15-21(27)24-18-9-11-19(12-10-18)26-13-4-5-14-26/h6-12,16H,4-5,13-15H2,1-3H3,(H,24,27)(H,25,28). The smallest absolute Gasteiger partial charge is 0.233 e. The molecule has 1 aliphatic rings. The number of hydrogen-bond donors (Lipinski definition) is 2. The van der Waals surface area contributed by atoms with E-state index in [9.17, 15) is 9.59 Å². The van der Waals surface area contributed by atoms with Gasteiger partial charge in [0.2, 0.25) is 11.8 Å². The zero-order valence-electron chi connectivity index (χ0n) is 16.9. The first-order valence-electron chi connectivity index (χ1n) is 9.98. The van der Waals surface area contributed by atoms with Crippen molar-refractivity contribution in [1.29, 1.82) is 0 Å². The lowest BCUT2D eigenvalue weighted by Crippen LogP contribution is -2.22. The van der Waals surface area contributed by atoms with Crippen LogP contribution < -0.4 is 15.5 Å². The Balaban J connectivity index is 1.57. The van der Waals surface area contributed by atoms with Gasteiger partial charge >= 0.3 is 0 Å². The lowest BCUT2D eigenvalue weighted by Gasteiger charge is -2.18. The number of para-hydroxylation sites is 1. The summed E-state index contributed by atoms with van der Waals surface area (Å²) in [6, 6.07) is 13.8. The molecule has 28 heavy (non-hydrogen) atoms. The molecule has 2 aromatic rings. The van der Waals surface area contributed by atoms with Crippen LogP contribution in [-0.2, 0) is 9.59 Å². The summed E-state index contributed by atoms with van der Waals surface area (Å²) in [6.45, 7) is 8.31. The Bertz CT molecular complexity index is 837. The maximum Gasteiger partial charge on any atom is 0.233 e. The quantitative estimate of drug-likeness (QED) is 0.716. The van der Waals surface area contributed by atoms with Gasteiger partial charge in [-0.2, -0.15) is 0 Å². The summed E-state index contributed by atoms with van der Waals surface area (Å²) in [6.07, 6.45) is 2.25. The molecule has 0 saturated carbocycles. The number of nitrogens with one attached hydrogen (secondary N) is 2. The van der Waals surface area contributed by atoms with Crippen molar-refractivity contribution in [3.8, 4) is 0 Å². The lowest BCUT2D eigenvalue weighted by atomic mass is 9.98. The van der Waals surface area contributed by atoms with E-state index in [1.807, 2.05) is 49.4 Å². The SMILES string of the molecule is Cc1cccc(C(C)C)c1NC(=O)CC(=O)Nc1ccc(N2CCCC2)cc1. The molecule has 148 valence electrons. The van der Waals surface area contributed by atoms with E-state index in [1.165, 1.54) is 18.5 Å². The van der Waals surface area contributed by atoms with Gasteiger partial charge in [0.25, 0.3) is 0 Å². The molecule has 2 N–H and O–H groups in total. The number of hydrogen-bond acceptors (Lipinski definition) is 3. The molecule has 1 heterocycles. The van der Waals surface area contributed by atoms with E-state index in [2.05, 4.69) is 29.4 Å². The summed E-state index contributed by atoms with van der Waals surface area (Å²) >= 11 is 0. The van der Waals surface area contributed by atoms with Crippen molar-refractivity contribution >= 4 is 28.9 Å². The van der Waals surface area contributed by atoms with Crippen molar-refractivity contribution in [1.82, 2.24) is 0 Å². The molecule has 0 spiro atoms. The molecule has 5 heteroatoms. The van der Waals surface area contributed by atoms with Gasteiger partial charge in [-0.25, -0.2) is 0 Å². The van der Waals surface area contributed by atoms with E-state index < -0.39 is 0 Å². The number of nitrogens with zero attached hydrogens (tertiary/aromatic N) is 1. The topological polar surface area (TPSA) is 61.4 Å². The van der Waals surface area contributed by atoms with Crippen molar-refractivity contribution in [2.24, 2.45) is 0 Å². The predicted octanol–water partition coefficient (Wildman–Crippen LogP) is 4.69. The first-order chi connectivity index (χ1) is 13.4. The van der Waals surface area contributed by atoms with Crippen molar-refractivity contribution in [2.75, 3.05) is 28.6 Å². The number of carbonyl (C=O) groups excluding carboxylic acids is 2. The van der Waals surface area contributed by atoms with Crippen LogP contribution in [0.4, 0.5) is 17.1 Å². The average Bonchev–Trinajstić information content (AvgIpc) is 3.18. The molecule has 2 aromatic carbocycles. The average molecular weight is 380 g/mol. The highest BCUT2D eigenvalue weighted by molar-refractivity contribution is 6.08. The van der Waals surface area contributed by atoms with Gasteiger partial charge in [-0.05, 0) is 61.1 Å². The molecule has 1 aliphatic heterocycles. The maximum atomic E-state index is 12.4. The van der Waals surface area contributed by atoms with Crippen molar-refractivity contribution in [3.05, 3.63) is 53.6 Å². The molecule has 2 amide bonds. The Morgan fingerprint density at radius 1 is 0.964 bits per heavy atom. The second-order valence-corrected chi connectivity index (χ2v) is 7.71. The summed E-state index contributed by atoms with van der Waals surface area (Å²) in [5, 5.41) is 5.73. The molecule has 0 aliphatic carbocycles. The minimum atomic E-state index is -0.314. The fraction of sp³-hybridized carbons (Fsp3) is 0.391. The van der Waals surface area contributed by atoms with Crippen molar-refractivity contribution in [3.63, 3.8) is 0 Å². The highest BCUT2D eigenvalue weighted by Gasteiger charge is 2.15. The predicted molar refractivity (Wildman–Crippen MR) is 115 cm³/mol. The molecule has 0 aromatic heterocycles. The molecule has 0 bridgehead atoms. The van der Waals surface area contributed by atoms with Crippen LogP contribution in [-0.4, -0.2) is 24.9 Å². The molecule has 1 saturated heterocycles. The third-order valence-corrected chi connectivity index (χ3v) is 5.13. The largest absolute Gasteiger partial charge is 0.372 e. The van der Waals surface area contributed by atoms with Gasteiger partial charge in [-0.3, -0.25) is 9.59 Å². The number of amides is 2. The fourth-order valence-corrected chi connectivity index (χ4v) is 3.61. The zero-order valence-corrected chi connectivity index (χ0v) is 16.9. The van der Waals surface area contributed by atoms with Crippen LogP contribution in [0.5, 0.6) is 0 Å². The van der Waals surface area contributed by atoms with E-state index in [0.717, 1.165) is 29.9 Å². The van der Waals surface area contributed by atoms with Gasteiger partial charge in [0.1, 0.15) is 6.42 Å². The van der Waals surface area contributed by atoms with E-state index in [4.69, 9.17) is 0 Å². The molecular formula is C23H29N3O2. The molecule has 0 radical (unpaired) electrons. The highest BCUT2D eigenvalue weighted by Crippen LogP contribution is 2.27. The van der Waals surface area contributed by atoms with Gasteiger partial charge in [0.15, 0.2) is 0 Å². The van der Waals surface area contributed by atoms with Crippen LogP contribution in [0.3, 0.4) is 0 Å². The third-order valence-electron chi connectivity index (χ3n) is 5.13. The fourth-order valence-electron chi connectivity index (χ4n) is 3.61. The summed E-state index contributed by atoms with van der Waals surface area (Å²) < 4.78 is 0. The Morgan fingerprint density at radius 3 is 2.25 bits per heavy atom. The Kier molecular flexibility index (Phi) is 6.34. The van der Waals surface area contributed by atoms with Crippen molar-refractivity contribution in [2.45, 2.75) is 46.0 Å². The lowest BCUT2D eigenvalue weighted by molar-refractivity contribution is -0.123. The third kappa shape index (κ3) is 4.91. The second kappa shape index (κ2) is 8.91. The molecule has 5 nitrogen and oxygen atoms in total. The zero-order chi connectivity index (χ0) is 20.1. The van der Waals surface area contributed by atoms with Crippen LogP contribution in [0.1, 0.15) is 50.2 Å². The maximum absolute atomic E-state index is 12.4. The van der Waals surface area contributed by atoms with Gasteiger partial charge < -0.3 is 15.5 Å². The van der Waals surface area contributed by atoms with Crippen LogP contribution in [0.2, 0.25) is 0 Å². The second-order valence-electron chi connectivity index (χ2n) is 7.71. The number of aryl methyl sites for hydroxylation is 1. The molecule has 3 rings (SSSR count). The molecular weight excluding hydrogens is 350 g/mol. The molecule has 0 atom stereocenters. The summed E-state index contributed by atoms with van der Waals surface area (Å²) in [4.78, 5) is 27.0. The van der Waals surface area contributed by atoms with Crippen LogP contribution in [0.25, 0.3) is 0 Å². The van der Waals surface area contributed by atoms with Gasteiger partial charge in [-0.1, -0.05) is 32.0 Å². The van der Waals surface area contributed by atoms with E-state index in [1.54, 1.807) is 0 Å². The van der Waals surface area contributed by atoms with E-state index in [-0.39, 0.29) is 24.2 Å². The monoisotopic (exact) mass is 379 g/mol. The summed E-state index contributed by atoms with van der Waals surface area (Å²) in [7, 11) is 0. The van der Waals surface area contributed by atoms with Crippen molar-refractivity contribution < 1.29 is 9.59 Å². The summed E-state index contributed by atoms with van der Waals surface area (Å²) in [5.74, 6) is -0.327. The Hall–Kier alpha value is -2.82. The van der Waals surface area contributed by atoms with Gasteiger partial charge in [-0.15, -0.1) is 0 Å². The van der Waals surface area contributed by atoms with Gasteiger partial charge in [0, 0.05) is 30.2 Å². The Labute approximate surface area is 167 Å². The van der Waals surface area contributed by atoms with E-state index >= 15 is 0 Å². The first-order valence-corrected chi connectivity index (χ1v) is 9.98. The number of anilines is 3.